The van der Waals surface area contributed by atoms with E-state index in [2.05, 4.69) is 21.9 Å². The molecule has 0 saturated carbocycles. The second kappa shape index (κ2) is 7.72. The molecule has 112 valence electrons. The van der Waals surface area contributed by atoms with Gasteiger partial charge < -0.3 is 4.98 Å². The highest BCUT2D eigenvalue weighted by molar-refractivity contribution is 5.48. The number of aryl methyl sites for hydroxylation is 2. The first-order valence-electron chi connectivity index (χ1n) is 7.73. The van der Waals surface area contributed by atoms with Crippen LogP contribution in [0.1, 0.15) is 50.4 Å². The SMILES string of the molecule is CCCCCCCc1cccc(-c2nc(C)cc(=O)[nH]2)n1. The Kier molecular flexibility index (Phi) is 5.67. The first kappa shape index (κ1) is 15.4. The zero-order chi connectivity index (χ0) is 15.1. The van der Waals surface area contributed by atoms with Crippen LogP contribution in [0, 0.1) is 6.92 Å². The molecule has 0 fully saturated rings. The molecular weight excluding hydrogens is 262 g/mol. The number of unbranched alkanes of at least 4 members (excludes halogenated alkanes) is 4. The maximum atomic E-state index is 11.5. The maximum absolute atomic E-state index is 11.5. The van der Waals surface area contributed by atoms with Crippen molar-refractivity contribution < 1.29 is 0 Å². The normalized spacial score (nSPS) is 10.8. The fourth-order valence-electron chi connectivity index (χ4n) is 2.36. The Labute approximate surface area is 125 Å². The number of rotatable bonds is 7. The molecule has 21 heavy (non-hydrogen) atoms. The van der Waals surface area contributed by atoms with Gasteiger partial charge in [0.15, 0.2) is 5.82 Å². The van der Waals surface area contributed by atoms with Crippen molar-refractivity contribution in [1.29, 1.82) is 0 Å². The predicted molar refractivity (Wildman–Crippen MR) is 85.3 cm³/mol. The first-order chi connectivity index (χ1) is 10.2. The van der Waals surface area contributed by atoms with Crippen LogP contribution in [-0.2, 0) is 6.42 Å². The number of aromatic nitrogens is 3. The monoisotopic (exact) mass is 285 g/mol. The molecular formula is C17H23N3O. The van der Waals surface area contributed by atoms with Crippen LogP contribution in [0.4, 0.5) is 0 Å². The summed E-state index contributed by atoms with van der Waals surface area (Å²) < 4.78 is 0. The van der Waals surface area contributed by atoms with Gasteiger partial charge >= 0.3 is 0 Å². The summed E-state index contributed by atoms with van der Waals surface area (Å²) in [6.07, 6.45) is 7.26. The molecule has 4 nitrogen and oxygen atoms in total. The molecule has 0 aromatic carbocycles. The van der Waals surface area contributed by atoms with E-state index in [1.165, 1.54) is 31.7 Å². The van der Waals surface area contributed by atoms with Crippen molar-refractivity contribution in [3.63, 3.8) is 0 Å². The first-order valence-corrected chi connectivity index (χ1v) is 7.73. The number of aromatic amines is 1. The molecule has 0 aliphatic heterocycles. The Bertz CT molecular complexity index is 634. The Hall–Kier alpha value is -1.97. The summed E-state index contributed by atoms with van der Waals surface area (Å²) in [4.78, 5) is 23.2. The molecule has 0 bridgehead atoms. The molecule has 0 radical (unpaired) electrons. The standard InChI is InChI=1S/C17H23N3O/c1-3-4-5-6-7-9-14-10-8-11-15(19-14)17-18-13(2)12-16(21)20-17/h8,10-12H,3-7,9H2,1-2H3,(H,18,20,21). The van der Waals surface area contributed by atoms with Gasteiger partial charge in [0.25, 0.3) is 5.56 Å². The number of nitrogens with one attached hydrogen (secondary N) is 1. The minimum absolute atomic E-state index is 0.135. The highest BCUT2D eigenvalue weighted by atomic mass is 16.1. The number of nitrogens with zero attached hydrogens (tertiary/aromatic N) is 2. The van der Waals surface area contributed by atoms with Crippen LogP contribution in [0.25, 0.3) is 11.5 Å². The minimum atomic E-state index is -0.135. The van der Waals surface area contributed by atoms with Crippen molar-refractivity contribution in [3.8, 4) is 11.5 Å². The van der Waals surface area contributed by atoms with E-state index in [1.807, 2.05) is 25.1 Å². The zero-order valence-corrected chi connectivity index (χ0v) is 12.9. The number of hydrogen-bond acceptors (Lipinski definition) is 3. The van der Waals surface area contributed by atoms with Crippen LogP contribution in [0.2, 0.25) is 0 Å². The fraction of sp³-hybridized carbons (Fsp3) is 0.471. The molecule has 2 heterocycles. The second-order valence-electron chi connectivity index (χ2n) is 5.41. The lowest BCUT2D eigenvalue weighted by atomic mass is 10.1. The van der Waals surface area contributed by atoms with E-state index < -0.39 is 0 Å². The molecule has 0 aliphatic rings. The quantitative estimate of drug-likeness (QED) is 0.790. The Morgan fingerprint density at radius 2 is 1.90 bits per heavy atom. The van der Waals surface area contributed by atoms with Gasteiger partial charge in [-0.2, -0.15) is 0 Å². The highest BCUT2D eigenvalue weighted by Gasteiger charge is 2.05. The lowest BCUT2D eigenvalue weighted by molar-refractivity contribution is 0.628. The van der Waals surface area contributed by atoms with Gasteiger partial charge in [0.05, 0.1) is 0 Å². The van der Waals surface area contributed by atoms with Gasteiger partial charge in [0.2, 0.25) is 0 Å². The fourth-order valence-corrected chi connectivity index (χ4v) is 2.36. The molecule has 0 unspecified atom stereocenters. The van der Waals surface area contributed by atoms with Crippen LogP contribution < -0.4 is 5.56 Å². The topological polar surface area (TPSA) is 58.6 Å². The smallest absolute Gasteiger partial charge is 0.251 e. The van der Waals surface area contributed by atoms with Gasteiger partial charge in [-0.05, 0) is 31.9 Å². The Balaban J connectivity index is 2.05. The molecule has 0 spiro atoms. The molecule has 0 atom stereocenters. The minimum Gasteiger partial charge on any atom is -0.305 e. The van der Waals surface area contributed by atoms with Crippen LogP contribution >= 0.6 is 0 Å². The predicted octanol–water partition coefficient (Wildman–Crippen LogP) is 3.65. The highest BCUT2D eigenvalue weighted by Crippen LogP contribution is 2.13. The molecule has 2 aromatic rings. The van der Waals surface area contributed by atoms with Gasteiger partial charge in [0, 0.05) is 17.5 Å². The zero-order valence-electron chi connectivity index (χ0n) is 12.9. The van der Waals surface area contributed by atoms with E-state index >= 15 is 0 Å². The molecule has 2 aromatic heterocycles. The third-order valence-electron chi connectivity index (χ3n) is 3.46. The molecule has 2 rings (SSSR count). The van der Waals surface area contributed by atoms with Crippen molar-refractivity contribution in [2.45, 2.75) is 52.4 Å². The van der Waals surface area contributed by atoms with E-state index in [0.29, 0.717) is 11.5 Å². The third kappa shape index (κ3) is 4.81. The Morgan fingerprint density at radius 1 is 1.10 bits per heavy atom. The molecule has 0 saturated heterocycles. The summed E-state index contributed by atoms with van der Waals surface area (Å²) in [5.41, 5.74) is 2.37. The third-order valence-corrected chi connectivity index (χ3v) is 3.46. The van der Waals surface area contributed by atoms with Crippen LogP contribution in [0.15, 0.2) is 29.1 Å². The van der Waals surface area contributed by atoms with Gasteiger partial charge in [-0.1, -0.05) is 38.7 Å². The Morgan fingerprint density at radius 3 is 2.67 bits per heavy atom. The van der Waals surface area contributed by atoms with Crippen molar-refractivity contribution >= 4 is 0 Å². The lowest BCUT2D eigenvalue weighted by Crippen LogP contribution is -2.09. The average molecular weight is 285 g/mol. The van der Waals surface area contributed by atoms with Crippen LogP contribution in [-0.4, -0.2) is 15.0 Å². The van der Waals surface area contributed by atoms with Gasteiger partial charge in [-0.15, -0.1) is 0 Å². The second-order valence-corrected chi connectivity index (χ2v) is 5.41. The van der Waals surface area contributed by atoms with Crippen LogP contribution in [0.5, 0.6) is 0 Å². The van der Waals surface area contributed by atoms with Crippen molar-refractivity contribution in [1.82, 2.24) is 15.0 Å². The molecule has 4 heteroatoms. The van der Waals surface area contributed by atoms with E-state index in [1.54, 1.807) is 0 Å². The van der Waals surface area contributed by atoms with E-state index in [-0.39, 0.29) is 5.56 Å². The molecule has 0 aliphatic carbocycles. The number of pyridine rings is 1. The van der Waals surface area contributed by atoms with E-state index in [4.69, 9.17) is 0 Å². The largest absolute Gasteiger partial charge is 0.305 e. The van der Waals surface area contributed by atoms with E-state index in [0.717, 1.165) is 24.2 Å². The van der Waals surface area contributed by atoms with Gasteiger partial charge in [0.1, 0.15) is 5.69 Å². The van der Waals surface area contributed by atoms with Crippen molar-refractivity contribution in [2.75, 3.05) is 0 Å². The summed E-state index contributed by atoms with van der Waals surface area (Å²) in [5, 5.41) is 0. The lowest BCUT2D eigenvalue weighted by Gasteiger charge is -2.05. The number of hydrogen-bond donors (Lipinski definition) is 1. The summed E-state index contributed by atoms with van der Waals surface area (Å²) in [7, 11) is 0. The number of H-pyrrole nitrogens is 1. The molecule has 1 N–H and O–H groups in total. The van der Waals surface area contributed by atoms with Crippen molar-refractivity contribution in [3.05, 3.63) is 46.0 Å². The molecule has 0 amide bonds. The van der Waals surface area contributed by atoms with Gasteiger partial charge in [-0.3, -0.25) is 4.79 Å². The van der Waals surface area contributed by atoms with Crippen molar-refractivity contribution in [2.24, 2.45) is 0 Å². The van der Waals surface area contributed by atoms with E-state index in [9.17, 15) is 4.79 Å². The summed E-state index contributed by atoms with van der Waals surface area (Å²) in [6.45, 7) is 4.04. The average Bonchev–Trinajstić information content (AvgIpc) is 2.46. The van der Waals surface area contributed by atoms with Gasteiger partial charge in [-0.25, -0.2) is 9.97 Å². The summed E-state index contributed by atoms with van der Waals surface area (Å²) >= 11 is 0. The summed E-state index contributed by atoms with van der Waals surface area (Å²) in [5.74, 6) is 0.549. The summed E-state index contributed by atoms with van der Waals surface area (Å²) in [6, 6.07) is 7.39. The van der Waals surface area contributed by atoms with Crippen LogP contribution in [0.3, 0.4) is 0 Å². The maximum Gasteiger partial charge on any atom is 0.251 e.